The molecule has 0 aromatic carbocycles. The zero-order chi connectivity index (χ0) is 12.4. The van der Waals surface area contributed by atoms with Crippen LogP contribution < -0.4 is 5.32 Å². The Morgan fingerprint density at radius 1 is 1.28 bits per heavy atom. The van der Waals surface area contributed by atoms with Crippen molar-refractivity contribution in [1.82, 2.24) is 25.3 Å². The predicted molar refractivity (Wildman–Crippen MR) is 68.9 cm³/mol. The number of rotatable bonds is 2. The first-order valence-corrected chi connectivity index (χ1v) is 6.41. The Hall–Kier alpha value is -1.75. The van der Waals surface area contributed by atoms with Gasteiger partial charge in [0, 0.05) is 24.1 Å². The van der Waals surface area contributed by atoms with Crippen LogP contribution in [-0.2, 0) is 0 Å². The molecule has 2 aromatic rings. The van der Waals surface area contributed by atoms with E-state index >= 15 is 0 Å². The minimum Gasteiger partial charge on any atom is -0.342 e. The van der Waals surface area contributed by atoms with Crippen LogP contribution in [0.15, 0.2) is 18.5 Å². The molecule has 2 aromatic heterocycles. The normalized spacial score (nSPS) is 19.9. The summed E-state index contributed by atoms with van der Waals surface area (Å²) in [5.41, 5.74) is 2.06. The summed E-state index contributed by atoms with van der Waals surface area (Å²) in [5, 5.41) is 3.51. The number of hydrogen-bond acceptors (Lipinski definition) is 4. The fourth-order valence-corrected chi connectivity index (χ4v) is 2.37. The van der Waals surface area contributed by atoms with Gasteiger partial charge in [-0.05, 0) is 32.4 Å². The van der Waals surface area contributed by atoms with Gasteiger partial charge in [0.05, 0.1) is 5.69 Å². The first-order chi connectivity index (χ1) is 8.83. The van der Waals surface area contributed by atoms with E-state index in [-0.39, 0.29) is 0 Å². The van der Waals surface area contributed by atoms with Crippen molar-refractivity contribution in [3.05, 3.63) is 29.8 Å². The van der Waals surface area contributed by atoms with Crippen molar-refractivity contribution in [2.75, 3.05) is 6.54 Å². The van der Waals surface area contributed by atoms with E-state index in [2.05, 4.69) is 31.3 Å². The third-order valence-corrected chi connectivity index (χ3v) is 3.25. The first kappa shape index (κ1) is 11.3. The highest BCUT2D eigenvalue weighted by Gasteiger charge is 2.18. The molecule has 1 atom stereocenters. The molecule has 94 valence electrons. The van der Waals surface area contributed by atoms with Gasteiger partial charge in [-0.15, -0.1) is 0 Å². The van der Waals surface area contributed by atoms with Gasteiger partial charge in [0.25, 0.3) is 0 Å². The number of aryl methyl sites for hydroxylation is 1. The topological polar surface area (TPSA) is 66.5 Å². The molecule has 5 nitrogen and oxygen atoms in total. The van der Waals surface area contributed by atoms with Crippen LogP contribution in [-0.4, -0.2) is 26.5 Å². The highest BCUT2D eigenvalue weighted by Crippen LogP contribution is 2.23. The summed E-state index contributed by atoms with van der Waals surface area (Å²) in [6.07, 6.45) is 7.18. The fraction of sp³-hybridized carbons (Fsp3) is 0.462. The van der Waals surface area contributed by atoms with Crippen LogP contribution >= 0.6 is 0 Å². The quantitative estimate of drug-likeness (QED) is 0.846. The predicted octanol–water partition coefficient (Wildman–Crippen LogP) is 1.99. The van der Waals surface area contributed by atoms with Gasteiger partial charge in [-0.2, -0.15) is 0 Å². The molecule has 0 radical (unpaired) electrons. The lowest BCUT2D eigenvalue weighted by Gasteiger charge is -2.23. The number of H-pyrrole nitrogens is 1. The van der Waals surface area contributed by atoms with E-state index in [1.807, 2.05) is 6.92 Å². The Labute approximate surface area is 106 Å². The number of nitrogens with one attached hydrogen (secondary N) is 2. The molecule has 0 bridgehead atoms. The molecule has 1 saturated heterocycles. The molecule has 5 heteroatoms. The lowest BCUT2D eigenvalue weighted by Crippen LogP contribution is -2.27. The van der Waals surface area contributed by atoms with Gasteiger partial charge < -0.3 is 10.3 Å². The lowest BCUT2D eigenvalue weighted by molar-refractivity contribution is 0.405. The van der Waals surface area contributed by atoms with Crippen molar-refractivity contribution in [3.8, 4) is 11.6 Å². The molecule has 1 aliphatic heterocycles. The van der Waals surface area contributed by atoms with E-state index in [0.717, 1.165) is 30.2 Å². The summed E-state index contributed by atoms with van der Waals surface area (Å²) in [6.45, 7) is 3.07. The van der Waals surface area contributed by atoms with Crippen LogP contribution in [0.5, 0.6) is 0 Å². The molecule has 3 heterocycles. The summed E-state index contributed by atoms with van der Waals surface area (Å²) in [5.74, 6) is 1.41. The minimum atomic E-state index is 0.356. The Morgan fingerprint density at radius 3 is 2.94 bits per heavy atom. The Morgan fingerprint density at radius 2 is 2.22 bits per heavy atom. The third kappa shape index (κ3) is 2.26. The van der Waals surface area contributed by atoms with E-state index in [0.29, 0.717) is 11.9 Å². The maximum Gasteiger partial charge on any atom is 0.196 e. The third-order valence-electron chi connectivity index (χ3n) is 3.25. The van der Waals surface area contributed by atoms with Gasteiger partial charge in [0.2, 0.25) is 0 Å². The molecule has 0 spiro atoms. The zero-order valence-electron chi connectivity index (χ0n) is 10.5. The molecular formula is C13H17N5. The molecule has 1 fully saturated rings. The highest BCUT2D eigenvalue weighted by atomic mass is 15.0. The second-order valence-corrected chi connectivity index (χ2v) is 4.70. The van der Waals surface area contributed by atoms with Gasteiger partial charge in [-0.1, -0.05) is 6.42 Å². The van der Waals surface area contributed by atoms with Gasteiger partial charge in [-0.3, -0.25) is 0 Å². The standard InChI is InChI=1S/C13H17N5/c1-9-8-11(10-4-2-3-5-14-10)18-13(17-9)12-15-6-7-16-12/h6-8,10,14H,2-5H2,1H3,(H,15,16). The largest absolute Gasteiger partial charge is 0.342 e. The summed E-state index contributed by atoms with van der Waals surface area (Å²) in [6, 6.07) is 2.42. The van der Waals surface area contributed by atoms with Crippen LogP contribution in [0.3, 0.4) is 0 Å². The summed E-state index contributed by atoms with van der Waals surface area (Å²) >= 11 is 0. The second-order valence-electron chi connectivity index (χ2n) is 4.70. The van der Waals surface area contributed by atoms with Crippen molar-refractivity contribution < 1.29 is 0 Å². The van der Waals surface area contributed by atoms with E-state index < -0.39 is 0 Å². The highest BCUT2D eigenvalue weighted by molar-refractivity contribution is 5.43. The maximum absolute atomic E-state index is 4.63. The molecule has 0 aliphatic carbocycles. The molecule has 1 unspecified atom stereocenters. The summed E-state index contributed by atoms with van der Waals surface area (Å²) < 4.78 is 0. The van der Waals surface area contributed by atoms with Crippen molar-refractivity contribution in [2.24, 2.45) is 0 Å². The Kier molecular flexibility index (Phi) is 3.06. The number of imidazole rings is 1. The maximum atomic E-state index is 4.63. The molecule has 18 heavy (non-hydrogen) atoms. The molecule has 0 saturated carbocycles. The zero-order valence-corrected chi connectivity index (χ0v) is 10.5. The van der Waals surface area contributed by atoms with Gasteiger partial charge in [0.1, 0.15) is 0 Å². The van der Waals surface area contributed by atoms with Crippen LogP contribution in [0.2, 0.25) is 0 Å². The van der Waals surface area contributed by atoms with Gasteiger partial charge in [0.15, 0.2) is 11.6 Å². The summed E-state index contributed by atoms with van der Waals surface area (Å²) in [4.78, 5) is 16.3. The van der Waals surface area contributed by atoms with Crippen LogP contribution in [0.25, 0.3) is 11.6 Å². The lowest BCUT2D eigenvalue weighted by atomic mass is 10.0. The first-order valence-electron chi connectivity index (χ1n) is 6.41. The van der Waals surface area contributed by atoms with Crippen molar-refractivity contribution in [1.29, 1.82) is 0 Å². The summed E-state index contributed by atoms with van der Waals surface area (Å²) in [7, 11) is 0. The van der Waals surface area contributed by atoms with E-state index in [9.17, 15) is 0 Å². The number of nitrogens with zero attached hydrogens (tertiary/aromatic N) is 3. The average Bonchev–Trinajstić information content (AvgIpc) is 2.93. The Bertz CT molecular complexity index is 514. The minimum absolute atomic E-state index is 0.356. The number of piperidine rings is 1. The van der Waals surface area contributed by atoms with Crippen molar-refractivity contribution in [2.45, 2.75) is 32.2 Å². The monoisotopic (exact) mass is 243 g/mol. The molecule has 3 rings (SSSR count). The molecule has 2 N–H and O–H groups in total. The van der Waals surface area contributed by atoms with Crippen LogP contribution in [0, 0.1) is 6.92 Å². The smallest absolute Gasteiger partial charge is 0.196 e. The molecule has 1 aliphatic rings. The second kappa shape index (κ2) is 4.86. The van der Waals surface area contributed by atoms with E-state index in [1.165, 1.54) is 12.8 Å². The number of aromatic nitrogens is 4. The molecule has 0 amide bonds. The van der Waals surface area contributed by atoms with E-state index in [1.54, 1.807) is 12.4 Å². The van der Waals surface area contributed by atoms with Crippen molar-refractivity contribution in [3.63, 3.8) is 0 Å². The van der Waals surface area contributed by atoms with Gasteiger partial charge >= 0.3 is 0 Å². The number of hydrogen-bond donors (Lipinski definition) is 2. The molecular weight excluding hydrogens is 226 g/mol. The SMILES string of the molecule is Cc1cc(C2CCCCN2)nc(-c2ncc[nH]2)n1. The average molecular weight is 243 g/mol. The van der Waals surface area contributed by atoms with Crippen LogP contribution in [0.1, 0.15) is 36.7 Å². The number of aromatic amines is 1. The van der Waals surface area contributed by atoms with Gasteiger partial charge in [-0.25, -0.2) is 15.0 Å². The van der Waals surface area contributed by atoms with E-state index in [4.69, 9.17) is 0 Å². The Balaban J connectivity index is 1.95. The fourth-order valence-electron chi connectivity index (χ4n) is 2.37. The van der Waals surface area contributed by atoms with Crippen molar-refractivity contribution >= 4 is 0 Å². The van der Waals surface area contributed by atoms with Crippen LogP contribution in [0.4, 0.5) is 0 Å².